The molecule has 1 heterocycles. The van der Waals surface area contributed by atoms with Gasteiger partial charge in [-0.2, -0.15) is 0 Å². The number of nitrogens with one attached hydrogen (secondary N) is 2. The second-order valence-corrected chi connectivity index (χ2v) is 5.23. The van der Waals surface area contributed by atoms with Crippen molar-refractivity contribution in [3.8, 4) is 17.2 Å². The van der Waals surface area contributed by atoms with Crippen LogP contribution < -0.4 is 24.8 Å². The van der Waals surface area contributed by atoms with Gasteiger partial charge in [-0.05, 0) is 12.1 Å². The number of carbonyl (C=O) groups excluding carboxylic acids is 2. The summed E-state index contributed by atoms with van der Waals surface area (Å²) in [5, 5.41) is 5.81. The SMILES string of the molecule is COc1cc(C(=O)NCC(=O)N2CCNCC2)cc(OC)c1OC. The molecule has 24 heavy (non-hydrogen) atoms. The van der Waals surface area contributed by atoms with Crippen LogP contribution in [0.2, 0.25) is 0 Å². The fourth-order valence-corrected chi connectivity index (χ4v) is 2.50. The van der Waals surface area contributed by atoms with E-state index in [4.69, 9.17) is 14.2 Å². The Morgan fingerprint density at radius 3 is 2.17 bits per heavy atom. The highest BCUT2D eigenvalue weighted by atomic mass is 16.5. The number of hydrogen-bond donors (Lipinski definition) is 2. The molecule has 1 aliphatic rings. The summed E-state index contributed by atoms with van der Waals surface area (Å²) in [6.45, 7) is 2.80. The number of nitrogens with zero attached hydrogens (tertiary/aromatic N) is 1. The number of methoxy groups -OCH3 is 3. The van der Waals surface area contributed by atoms with Crippen molar-refractivity contribution in [2.24, 2.45) is 0 Å². The topological polar surface area (TPSA) is 89.1 Å². The van der Waals surface area contributed by atoms with Gasteiger partial charge < -0.3 is 29.7 Å². The van der Waals surface area contributed by atoms with Gasteiger partial charge in [0.1, 0.15) is 0 Å². The minimum Gasteiger partial charge on any atom is -0.493 e. The lowest BCUT2D eigenvalue weighted by molar-refractivity contribution is -0.130. The van der Waals surface area contributed by atoms with Crippen LogP contribution in [0.25, 0.3) is 0 Å². The van der Waals surface area contributed by atoms with Gasteiger partial charge in [-0.15, -0.1) is 0 Å². The number of rotatable bonds is 6. The fourth-order valence-electron chi connectivity index (χ4n) is 2.50. The van der Waals surface area contributed by atoms with Crippen molar-refractivity contribution in [2.45, 2.75) is 0 Å². The van der Waals surface area contributed by atoms with Gasteiger partial charge in [0.25, 0.3) is 5.91 Å². The zero-order valence-corrected chi connectivity index (χ0v) is 14.2. The van der Waals surface area contributed by atoms with E-state index >= 15 is 0 Å². The van der Waals surface area contributed by atoms with Crippen LogP contribution in [0.3, 0.4) is 0 Å². The van der Waals surface area contributed by atoms with Crippen LogP contribution >= 0.6 is 0 Å². The summed E-state index contributed by atoms with van der Waals surface area (Å²) >= 11 is 0. The molecule has 8 heteroatoms. The molecule has 1 aliphatic heterocycles. The summed E-state index contributed by atoms with van der Waals surface area (Å²) in [6, 6.07) is 3.10. The third-order valence-electron chi connectivity index (χ3n) is 3.80. The lowest BCUT2D eigenvalue weighted by Gasteiger charge is -2.27. The summed E-state index contributed by atoms with van der Waals surface area (Å²) in [6.07, 6.45) is 0. The first-order valence-corrected chi connectivity index (χ1v) is 7.67. The van der Waals surface area contributed by atoms with E-state index in [1.807, 2.05) is 0 Å². The zero-order chi connectivity index (χ0) is 17.5. The van der Waals surface area contributed by atoms with Crippen LogP contribution in [0.1, 0.15) is 10.4 Å². The Bertz CT molecular complexity index is 574. The van der Waals surface area contributed by atoms with Crippen LogP contribution in [-0.2, 0) is 4.79 Å². The molecule has 2 rings (SSSR count). The second-order valence-electron chi connectivity index (χ2n) is 5.23. The van der Waals surface area contributed by atoms with Gasteiger partial charge in [0.15, 0.2) is 11.5 Å². The molecule has 0 atom stereocenters. The number of benzene rings is 1. The van der Waals surface area contributed by atoms with Gasteiger partial charge in [-0.25, -0.2) is 0 Å². The normalized spacial score (nSPS) is 14.0. The molecule has 1 saturated heterocycles. The van der Waals surface area contributed by atoms with Crippen LogP contribution in [0.5, 0.6) is 17.2 Å². The highest BCUT2D eigenvalue weighted by molar-refractivity contribution is 5.97. The molecule has 0 saturated carbocycles. The first-order chi connectivity index (χ1) is 11.6. The molecule has 8 nitrogen and oxygen atoms in total. The van der Waals surface area contributed by atoms with Crippen molar-refractivity contribution in [2.75, 3.05) is 54.1 Å². The van der Waals surface area contributed by atoms with Crippen molar-refractivity contribution >= 4 is 11.8 Å². The Morgan fingerprint density at radius 1 is 1.08 bits per heavy atom. The standard InChI is InChI=1S/C16H23N3O5/c1-22-12-8-11(9-13(23-2)15(12)24-3)16(21)18-10-14(20)19-6-4-17-5-7-19/h8-9,17H,4-7,10H2,1-3H3,(H,18,21). The number of amides is 2. The molecule has 1 aromatic rings. The Kier molecular flexibility index (Phi) is 6.25. The van der Waals surface area contributed by atoms with Crippen LogP contribution in [0.15, 0.2) is 12.1 Å². The quantitative estimate of drug-likeness (QED) is 0.752. The second kappa shape index (κ2) is 8.39. The minimum atomic E-state index is -0.377. The average molecular weight is 337 g/mol. The molecule has 1 fully saturated rings. The van der Waals surface area contributed by atoms with Crippen LogP contribution in [0.4, 0.5) is 0 Å². The van der Waals surface area contributed by atoms with Gasteiger partial charge in [0, 0.05) is 31.7 Å². The van der Waals surface area contributed by atoms with Crippen molar-refractivity contribution < 1.29 is 23.8 Å². The molecule has 0 spiro atoms. The molecule has 2 amide bonds. The Morgan fingerprint density at radius 2 is 1.67 bits per heavy atom. The van der Waals surface area contributed by atoms with E-state index in [-0.39, 0.29) is 18.4 Å². The van der Waals surface area contributed by atoms with E-state index in [1.165, 1.54) is 21.3 Å². The highest BCUT2D eigenvalue weighted by Gasteiger charge is 2.19. The van der Waals surface area contributed by atoms with Gasteiger partial charge >= 0.3 is 0 Å². The van der Waals surface area contributed by atoms with Crippen molar-refractivity contribution in [1.82, 2.24) is 15.5 Å². The van der Waals surface area contributed by atoms with Gasteiger partial charge in [-0.3, -0.25) is 9.59 Å². The molecular formula is C16H23N3O5. The molecule has 0 aliphatic carbocycles. The smallest absolute Gasteiger partial charge is 0.251 e. The van der Waals surface area contributed by atoms with E-state index < -0.39 is 0 Å². The Labute approximate surface area is 141 Å². The van der Waals surface area contributed by atoms with E-state index in [1.54, 1.807) is 17.0 Å². The molecule has 0 unspecified atom stereocenters. The van der Waals surface area contributed by atoms with Crippen molar-refractivity contribution in [3.63, 3.8) is 0 Å². The van der Waals surface area contributed by atoms with Gasteiger partial charge in [-0.1, -0.05) is 0 Å². The summed E-state index contributed by atoms with van der Waals surface area (Å²) in [5.74, 6) is 0.703. The summed E-state index contributed by atoms with van der Waals surface area (Å²) in [4.78, 5) is 26.1. The third-order valence-corrected chi connectivity index (χ3v) is 3.80. The fraction of sp³-hybridized carbons (Fsp3) is 0.500. The largest absolute Gasteiger partial charge is 0.493 e. The average Bonchev–Trinajstić information content (AvgIpc) is 2.65. The summed E-state index contributed by atoms with van der Waals surface area (Å²) < 4.78 is 15.7. The van der Waals surface area contributed by atoms with E-state index in [0.29, 0.717) is 35.9 Å². The molecular weight excluding hydrogens is 314 g/mol. The van der Waals surface area contributed by atoms with Gasteiger partial charge in [0.2, 0.25) is 11.7 Å². The predicted molar refractivity (Wildman–Crippen MR) is 87.9 cm³/mol. The molecule has 0 aromatic heterocycles. The lowest BCUT2D eigenvalue weighted by atomic mass is 10.1. The number of carbonyl (C=O) groups is 2. The molecule has 1 aromatic carbocycles. The van der Waals surface area contributed by atoms with Crippen molar-refractivity contribution in [1.29, 1.82) is 0 Å². The maximum atomic E-state index is 12.3. The minimum absolute atomic E-state index is 0.0461. The number of piperazine rings is 1. The highest BCUT2D eigenvalue weighted by Crippen LogP contribution is 2.38. The van der Waals surface area contributed by atoms with Gasteiger partial charge in [0.05, 0.1) is 27.9 Å². The van der Waals surface area contributed by atoms with E-state index in [0.717, 1.165) is 13.1 Å². The van der Waals surface area contributed by atoms with E-state index in [9.17, 15) is 9.59 Å². The maximum absolute atomic E-state index is 12.3. The van der Waals surface area contributed by atoms with Crippen molar-refractivity contribution in [3.05, 3.63) is 17.7 Å². The first-order valence-electron chi connectivity index (χ1n) is 7.67. The number of ether oxygens (including phenoxy) is 3. The lowest BCUT2D eigenvalue weighted by Crippen LogP contribution is -2.49. The molecule has 2 N–H and O–H groups in total. The molecule has 0 bridgehead atoms. The zero-order valence-electron chi connectivity index (χ0n) is 14.2. The van der Waals surface area contributed by atoms with E-state index in [2.05, 4.69) is 10.6 Å². The molecule has 132 valence electrons. The predicted octanol–water partition coefficient (Wildman–Crippen LogP) is -0.126. The Balaban J connectivity index is 2.05. The third kappa shape index (κ3) is 4.08. The number of hydrogen-bond acceptors (Lipinski definition) is 6. The summed E-state index contributed by atoms with van der Waals surface area (Å²) in [5.41, 5.74) is 0.331. The van der Waals surface area contributed by atoms with Crippen LogP contribution in [-0.4, -0.2) is 70.8 Å². The maximum Gasteiger partial charge on any atom is 0.251 e. The first kappa shape index (κ1) is 17.9. The van der Waals surface area contributed by atoms with Crippen LogP contribution in [0, 0.1) is 0 Å². The monoisotopic (exact) mass is 337 g/mol. The molecule has 0 radical (unpaired) electrons. The Hall–Kier alpha value is -2.48. The summed E-state index contributed by atoms with van der Waals surface area (Å²) in [7, 11) is 4.45.